The second kappa shape index (κ2) is 3.63. The van der Waals surface area contributed by atoms with Gasteiger partial charge >= 0.3 is 0 Å². The highest BCUT2D eigenvalue weighted by atomic mass is 16.3. The van der Waals surface area contributed by atoms with Crippen LogP contribution in [0.25, 0.3) is 11.0 Å². The van der Waals surface area contributed by atoms with E-state index in [4.69, 9.17) is 5.73 Å². The van der Waals surface area contributed by atoms with Crippen molar-refractivity contribution in [1.82, 2.24) is 9.97 Å². The molecule has 90 valence electrons. The zero-order valence-corrected chi connectivity index (χ0v) is 9.53. The molecule has 0 radical (unpaired) electrons. The van der Waals surface area contributed by atoms with Crippen molar-refractivity contribution in [3.05, 3.63) is 18.2 Å². The lowest BCUT2D eigenvalue weighted by molar-refractivity contribution is 0.219. The minimum absolute atomic E-state index is 0.0814. The van der Waals surface area contributed by atoms with Crippen molar-refractivity contribution in [1.29, 1.82) is 0 Å². The second-order valence-corrected chi connectivity index (χ2v) is 4.87. The van der Waals surface area contributed by atoms with Gasteiger partial charge in [0.25, 0.3) is 0 Å². The number of hydrogen-bond acceptors (Lipinski definition) is 4. The van der Waals surface area contributed by atoms with Crippen LogP contribution >= 0.6 is 0 Å². The molecule has 1 saturated carbocycles. The molecule has 1 aromatic heterocycles. The van der Waals surface area contributed by atoms with E-state index in [1.165, 1.54) is 0 Å². The summed E-state index contributed by atoms with van der Waals surface area (Å²) >= 11 is 0. The Labute approximate surface area is 99.0 Å². The van der Waals surface area contributed by atoms with Gasteiger partial charge in [-0.25, -0.2) is 4.98 Å². The van der Waals surface area contributed by atoms with Crippen LogP contribution in [-0.4, -0.2) is 28.2 Å². The number of imidazole rings is 1. The molecule has 1 aliphatic carbocycles. The van der Waals surface area contributed by atoms with Crippen molar-refractivity contribution in [3.63, 3.8) is 0 Å². The first-order valence-corrected chi connectivity index (χ1v) is 5.81. The van der Waals surface area contributed by atoms with Gasteiger partial charge in [0.15, 0.2) is 0 Å². The molecule has 1 aliphatic rings. The number of aliphatic hydroxyl groups excluding tert-OH is 1. The van der Waals surface area contributed by atoms with Crippen LogP contribution in [0.1, 0.15) is 12.8 Å². The number of fused-ring (bicyclic) bond motifs is 1. The van der Waals surface area contributed by atoms with E-state index in [0.717, 1.165) is 42.1 Å². The number of nitrogens with one attached hydrogen (secondary N) is 2. The molecule has 1 aromatic carbocycles. The highest BCUT2D eigenvalue weighted by Crippen LogP contribution is 2.44. The van der Waals surface area contributed by atoms with Crippen molar-refractivity contribution in [2.24, 2.45) is 5.41 Å². The van der Waals surface area contributed by atoms with Gasteiger partial charge in [0, 0.05) is 17.6 Å². The van der Waals surface area contributed by atoms with Crippen LogP contribution < -0.4 is 11.1 Å². The van der Waals surface area contributed by atoms with Gasteiger partial charge in [-0.2, -0.15) is 0 Å². The summed E-state index contributed by atoms with van der Waals surface area (Å²) < 4.78 is 0. The van der Waals surface area contributed by atoms with Crippen LogP contribution in [0.4, 0.5) is 11.6 Å². The standard InChI is InChI=1S/C12H16N4O/c13-8-1-2-9-10(5-8)16-11(15-9)14-6-12(7-17)3-4-12/h1-2,5,17H,3-4,6-7,13H2,(H2,14,15,16). The van der Waals surface area contributed by atoms with Gasteiger partial charge in [-0.1, -0.05) is 0 Å². The number of benzene rings is 1. The van der Waals surface area contributed by atoms with Crippen LogP contribution in [0.3, 0.4) is 0 Å². The molecule has 0 amide bonds. The number of H-pyrrole nitrogens is 1. The van der Waals surface area contributed by atoms with Crippen LogP contribution in [0.15, 0.2) is 18.2 Å². The first kappa shape index (κ1) is 10.4. The predicted molar refractivity (Wildman–Crippen MR) is 67.7 cm³/mol. The van der Waals surface area contributed by atoms with Crippen molar-refractivity contribution in [2.75, 3.05) is 24.2 Å². The van der Waals surface area contributed by atoms with Crippen molar-refractivity contribution in [3.8, 4) is 0 Å². The molecule has 5 nitrogen and oxygen atoms in total. The number of hydrogen-bond donors (Lipinski definition) is 4. The molecule has 0 unspecified atom stereocenters. The first-order valence-electron chi connectivity index (χ1n) is 5.81. The Hall–Kier alpha value is -1.75. The second-order valence-electron chi connectivity index (χ2n) is 4.87. The van der Waals surface area contributed by atoms with Gasteiger partial charge in [0.2, 0.25) is 5.95 Å². The lowest BCUT2D eigenvalue weighted by atomic mass is 10.1. The van der Waals surface area contributed by atoms with Crippen LogP contribution in [0.2, 0.25) is 0 Å². The summed E-state index contributed by atoms with van der Waals surface area (Å²) in [5, 5.41) is 12.5. The number of aliphatic hydroxyl groups is 1. The number of nitrogens with two attached hydrogens (primary N) is 1. The summed E-state index contributed by atoms with van der Waals surface area (Å²) in [7, 11) is 0. The summed E-state index contributed by atoms with van der Waals surface area (Å²) in [6.07, 6.45) is 2.17. The maximum absolute atomic E-state index is 9.22. The van der Waals surface area contributed by atoms with E-state index in [9.17, 15) is 5.11 Å². The minimum Gasteiger partial charge on any atom is -0.399 e. The highest BCUT2D eigenvalue weighted by Gasteiger charge is 2.41. The highest BCUT2D eigenvalue weighted by molar-refractivity contribution is 5.80. The number of nitrogens with zero attached hydrogens (tertiary/aromatic N) is 1. The average molecular weight is 232 g/mol. The third-order valence-corrected chi connectivity index (χ3v) is 3.43. The summed E-state index contributed by atoms with van der Waals surface area (Å²) in [4.78, 5) is 7.59. The SMILES string of the molecule is Nc1ccc2nc(NCC3(CO)CC3)[nH]c2c1. The fourth-order valence-electron chi connectivity index (χ4n) is 1.95. The number of rotatable bonds is 4. The Morgan fingerprint density at radius 1 is 1.47 bits per heavy atom. The molecule has 2 aromatic rings. The molecule has 0 atom stereocenters. The molecular formula is C12H16N4O. The van der Waals surface area contributed by atoms with Crippen LogP contribution in [-0.2, 0) is 0 Å². The molecule has 1 heterocycles. The van der Waals surface area contributed by atoms with Crippen LogP contribution in [0.5, 0.6) is 0 Å². The van der Waals surface area contributed by atoms with Crippen LogP contribution in [0, 0.1) is 5.41 Å². The summed E-state index contributed by atoms with van der Waals surface area (Å²) in [5.74, 6) is 0.741. The molecule has 5 heteroatoms. The molecule has 0 spiro atoms. The molecule has 0 saturated heterocycles. The number of anilines is 2. The van der Waals surface area contributed by atoms with Gasteiger partial charge < -0.3 is 21.1 Å². The van der Waals surface area contributed by atoms with E-state index in [-0.39, 0.29) is 12.0 Å². The fraction of sp³-hybridized carbons (Fsp3) is 0.417. The third-order valence-electron chi connectivity index (χ3n) is 3.43. The molecule has 17 heavy (non-hydrogen) atoms. The zero-order chi connectivity index (χ0) is 11.9. The number of aromatic amines is 1. The van der Waals surface area contributed by atoms with Crippen molar-refractivity contribution < 1.29 is 5.11 Å². The Balaban J connectivity index is 1.77. The molecule has 5 N–H and O–H groups in total. The van der Waals surface area contributed by atoms with Gasteiger partial charge in [0.1, 0.15) is 0 Å². The number of aromatic nitrogens is 2. The van der Waals surface area contributed by atoms with E-state index < -0.39 is 0 Å². The summed E-state index contributed by atoms with van der Waals surface area (Å²) in [5.41, 5.74) is 8.34. The normalized spacial score (nSPS) is 17.2. The topological polar surface area (TPSA) is 87.0 Å². The maximum atomic E-state index is 9.22. The smallest absolute Gasteiger partial charge is 0.201 e. The maximum Gasteiger partial charge on any atom is 0.201 e. The predicted octanol–water partition coefficient (Wildman–Crippen LogP) is 1.33. The molecule has 3 rings (SSSR count). The lowest BCUT2D eigenvalue weighted by Crippen LogP contribution is -2.19. The Morgan fingerprint density at radius 3 is 3.00 bits per heavy atom. The fourth-order valence-corrected chi connectivity index (χ4v) is 1.95. The van der Waals surface area contributed by atoms with E-state index in [0.29, 0.717) is 0 Å². The van der Waals surface area contributed by atoms with Gasteiger partial charge in [-0.3, -0.25) is 0 Å². The first-order chi connectivity index (χ1) is 8.21. The Morgan fingerprint density at radius 2 is 2.29 bits per heavy atom. The van der Waals surface area contributed by atoms with E-state index in [1.54, 1.807) is 0 Å². The minimum atomic E-state index is 0.0814. The van der Waals surface area contributed by atoms with E-state index in [1.807, 2.05) is 18.2 Å². The molecule has 1 fully saturated rings. The summed E-state index contributed by atoms with van der Waals surface area (Å²) in [6, 6.07) is 5.60. The van der Waals surface area contributed by atoms with Crippen molar-refractivity contribution >= 4 is 22.7 Å². The zero-order valence-electron chi connectivity index (χ0n) is 9.53. The van der Waals surface area contributed by atoms with Gasteiger partial charge in [0.05, 0.1) is 17.6 Å². The number of nitrogen functional groups attached to an aromatic ring is 1. The molecular weight excluding hydrogens is 216 g/mol. The van der Waals surface area contributed by atoms with Crippen molar-refractivity contribution in [2.45, 2.75) is 12.8 Å². The quantitative estimate of drug-likeness (QED) is 0.599. The lowest BCUT2D eigenvalue weighted by Gasteiger charge is -2.11. The largest absolute Gasteiger partial charge is 0.399 e. The van der Waals surface area contributed by atoms with E-state index >= 15 is 0 Å². The van der Waals surface area contributed by atoms with Gasteiger partial charge in [-0.05, 0) is 31.0 Å². The monoisotopic (exact) mass is 232 g/mol. The Kier molecular flexibility index (Phi) is 2.22. The van der Waals surface area contributed by atoms with Gasteiger partial charge in [-0.15, -0.1) is 0 Å². The third kappa shape index (κ3) is 1.93. The summed E-state index contributed by atoms with van der Waals surface area (Å²) in [6.45, 7) is 1.01. The molecule has 0 bridgehead atoms. The Bertz CT molecular complexity index is 544. The average Bonchev–Trinajstić information content (AvgIpc) is 3.00. The van der Waals surface area contributed by atoms with E-state index in [2.05, 4.69) is 15.3 Å². The molecule has 0 aliphatic heterocycles.